The van der Waals surface area contributed by atoms with Crippen LogP contribution in [-0.4, -0.2) is 19.6 Å². The molecule has 0 bridgehead atoms. The fraction of sp³-hybridized carbons (Fsp3) is 0.103. The van der Waals surface area contributed by atoms with Crippen LogP contribution in [0, 0.1) is 6.07 Å². The molecule has 0 aliphatic carbocycles. The number of phenols is 1. The minimum atomic E-state index is -4.66. The number of benzene rings is 3. The first kappa shape index (κ1) is 25.7. The van der Waals surface area contributed by atoms with E-state index in [1.165, 1.54) is 18.2 Å². The van der Waals surface area contributed by atoms with E-state index >= 15 is 0 Å². The number of para-hydroxylation sites is 2. The Bertz CT molecular complexity index is 1820. The Morgan fingerprint density at radius 2 is 1.74 bits per heavy atom. The smallest absolute Gasteiger partial charge is 0.417 e. The minimum absolute atomic E-state index is 0. The summed E-state index contributed by atoms with van der Waals surface area (Å²) in [5, 5.41) is 11.8. The predicted octanol–water partition coefficient (Wildman–Crippen LogP) is 7.60. The first-order chi connectivity index (χ1) is 17.8. The summed E-state index contributed by atoms with van der Waals surface area (Å²) < 4.78 is 49.2. The van der Waals surface area contributed by atoms with Crippen molar-refractivity contribution < 1.29 is 44.1 Å². The summed E-state index contributed by atoms with van der Waals surface area (Å²) in [7, 11) is 0. The first-order valence-electron chi connectivity index (χ1n) is 11.6. The van der Waals surface area contributed by atoms with Crippen molar-refractivity contribution in [2.75, 3.05) is 0 Å². The van der Waals surface area contributed by atoms with Crippen molar-refractivity contribution in [1.29, 1.82) is 0 Å². The van der Waals surface area contributed by atoms with E-state index in [2.05, 4.69) is 23.0 Å². The van der Waals surface area contributed by atoms with Crippen molar-refractivity contribution >= 4 is 32.7 Å². The van der Waals surface area contributed by atoms with E-state index in [9.17, 15) is 18.3 Å². The third kappa shape index (κ3) is 4.39. The number of hydrogen-bond acceptors (Lipinski definition) is 4. The van der Waals surface area contributed by atoms with Gasteiger partial charge in [0, 0.05) is 50.0 Å². The van der Waals surface area contributed by atoms with Crippen LogP contribution in [0.1, 0.15) is 18.1 Å². The van der Waals surface area contributed by atoms with Gasteiger partial charge in [0.1, 0.15) is 17.1 Å². The van der Waals surface area contributed by atoms with E-state index in [1.807, 2.05) is 47.0 Å². The molecule has 6 rings (SSSR count). The third-order valence-electron chi connectivity index (χ3n) is 6.32. The van der Waals surface area contributed by atoms with Gasteiger partial charge in [-0.25, -0.2) is 9.97 Å². The van der Waals surface area contributed by atoms with Crippen LogP contribution in [0.2, 0.25) is 0 Å². The summed E-state index contributed by atoms with van der Waals surface area (Å²) in [5.74, 6) is 0.214. The van der Waals surface area contributed by atoms with Gasteiger partial charge in [-0.3, -0.25) is 0 Å². The number of ether oxygens (including phenoxy) is 1. The van der Waals surface area contributed by atoms with E-state index in [1.54, 1.807) is 12.3 Å². The molecule has 0 atom stereocenters. The topological polar surface area (TPSA) is 60.2 Å². The average molecular weight is 694 g/mol. The second kappa shape index (κ2) is 9.76. The number of alkyl halides is 3. The molecule has 1 N–H and O–H groups in total. The Hall–Kier alpha value is -3.90. The summed E-state index contributed by atoms with van der Waals surface area (Å²) in [6, 6.07) is 23.2. The molecule has 3 aromatic heterocycles. The Morgan fingerprint density at radius 3 is 2.53 bits per heavy atom. The van der Waals surface area contributed by atoms with Crippen molar-refractivity contribution in [2.45, 2.75) is 19.5 Å². The zero-order chi connectivity index (χ0) is 25.7. The van der Waals surface area contributed by atoms with Crippen molar-refractivity contribution in [2.24, 2.45) is 0 Å². The van der Waals surface area contributed by atoms with Crippen LogP contribution in [0.4, 0.5) is 13.2 Å². The molecule has 0 saturated carbocycles. The monoisotopic (exact) mass is 693 g/mol. The van der Waals surface area contributed by atoms with Gasteiger partial charge in [-0.2, -0.15) is 19.2 Å². The average Bonchev–Trinajstić information content (AvgIpc) is 3.22. The van der Waals surface area contributed by atoms with Gasteiger partial charge in [-0.05, 0) is 41.6 Å². The third-order valence-corrected chi connectivity index (χ3v) is 6.32. The molecule has 0 unspecified atom stereocenters. The Balaban J connectivity index is 0.00000294. The maximum atomic E-state index is 13.8. The van der Waals surface area contributed by atoms with Gasteiger partial charge >= 0.3 is 6.18 Å². The zero-order valence-electron chi connectivity index (χ0n) is 19.9. The molecule has 194 valence electrons. The molecule has 3 aromatic carbocycles. The molecule has 0 amide bonds. The number of aryl methyl sites for hydroxylation is 1. The summed E-state index contributed by atoms with van der Waals surface area (Å²) in [6.45, 7) is 2.06. The molecule has 38 heavy (non-hydrogen) atoms. The van der Waals surface area contributed by atoms with E-state index in [-0.39, 0.29) is 49.3 Å². The van der Waals surface area contributed by atoms with Gasteiger partial charge in [-0.1, -0.05) is 42.8 Å². The van der Waals surface area contributed by atoms with Crippen molar-refractivity contribution in [1.82, 2.24) is 14.5 Å². The van der Waals surface area contributed by atoms with Crippen LogP contribution < -0.4 is 4.74 Å². The normalized spacial score (nSPS) is 11.7. The van der Waals surface area contributed by atoms with Gasteiger partial charge in [0.15, 0.2) is 0 Å². The molecular weight excluding hydrogens is 674 g/mol. The quantitative estimate of drug-likeness (QED) is 0.193. The largest absolute Gasteiger partial charge is 0.506 e. The van der Waals surface area contributed by atoms with E-state index in [4.69, 9.17) is 4.74 Å². The van der Waals surface area contributed by atoms with Gasteiger partial charge in [0.05, 0.1) is 5.56 Å². The van der Waals surface area contributed by atoms with Crippen molar-refractivity contribution in [3.8, 4) is 23.2 Å². The zero-order valence-corrected chi connectivity index (χ0v) is 22.1. The molecule has 0 saturated heterocycles. The standard InChI is InChI=1S/C29H19F3N3O2.Pt/c1-2-17-12-13-33-26(14-17)35-23-8-4-3-6-19(23)20-11-10-18(15-24(20)35)37-27-16-22(29(30,31)32)21-7-5-9-25(36)28(21)34-27;/h3-14,16,36H,2H2,1H3;/q-1;. The molecule has 6 aromatic rings. The summed E-state index contributed by atoms with van der Waals surface area (Å²) in [4.78, 5) is 8.72. The maximum absolute atomic E-state index is 13.8. The van der Waals surface area contributed by atoms with Crippen LogP contribution in [-0.2, 0) is 33.7 Å². The van der Waals surface area contributed by atoms with Gasteiger partial charge < -0.3 is 14.4 Å². The van der Waals surface area contributed by atoms with Crippen LogP contribution in [0.5, 0.6) is 17.4 Å². The second-order valence-electron chi connectivity index (χ2n) is 8.59. The molecule has 0 fully saturated rings. The Labute approximate surface area is 229 Å². The number of halogens is 3. The molecule has 9 heteroatoms. The number of aromatic nitrogens is 3. The minimum Gasteiger partial charge on any atom is -0.506 e. The Kier molecular flexibility index (Phi) is 6.61. The Morgan fingerprint density at radius 1 is 0.947 bits per heavy atom. The van der Waals surface area contributed by atoms with Crippen LogP contribution >= 0.6 is 0 Å². The van der Waals surface area contributed by atoms with E-state index in [0.29, 0.717) is 11.3 Å². The number of fused-ring (bicyclic) bond motifs is 4. The van der Waals surface area contributed by atoms with Crippen molar-refractivity contribution in [3.05, 3.63) is 96.2 Å². The van der Waals surface area contributed by atoms with Gasteiger partial charge in [0.25, 0.3) is 0 Å². The molecule has 0 radical (unpaired) electrons. The molecule has 0 spiro atoms. The predicted molar refractivity (Wildman–Crippen MR) is 135 cm³/mol. The van der Waals surface area contributed by atoms with E-state index < -0.39 is 11.7 Å². The molecule has 3 heterocycles. The fourth-order valence-electron chi connectivity index (χ4n) is 4.58. The fourth-order valence-corrected chi connectivity index (χ4v) is 4.58. The number of aromatic hydroxyl groups is 1. The maximum Gasteiger partial charge on any atom is 0.417 e. The summed E-state index contributed by atoms with van der Waals surface area (Å²) in [6.07, 6.45) is -2.07. The van der Waals surface area contributed by atoms with Crippen LogP contribution in [0.3, 0.4) is 0 Å². The molecular formula is C29H19F3N3O2Pt-. The summed E-state index contributed by atoms with van der Waals surface area (Å²) >= 11 is 0. The second-order valence-corrected chi connectivity index (χ2v) is 8.59. The SMILES string of the molecule is CCc1ccnc(-n2c3[c-]c(Oc4cc(C(F)(F)F)c5cccc(O)c5n4)ccc3c3ccccc32)c1.[Pt]. The number of rotatable bonds is 4. The number of phenolic OH excluding ortho intramolecular Hbond substituents is 1. The molecule has 0 aliphatic rings. The number of hydrogen-bond donors (Lipinski definition) is 1. The summed E-state index contributed by atoms with van der Waals surface area (Å²) in [5.41, 5.74) is 1.56. The van der Waals surface area contributed by atoms with Gasteiger partial charge in [0.2, 0.25) is 5.88 Å². The van der Waals surface area contributed by atoms with Crippen molar-refractivity contribution in [3.63, 3.8) is 0 Å². The molecule has 5 nitrogen and oxygen atoms in total. The van der Waals surface area contributed by atoms with Gasteiger partial charge in [-0.15, -0.1) is 17.5 Å². The van der Waals surface area contributed by atoms with E-state index in [0.717, 1.165) is 34.3 Å². The molecule has 0 aliphatic heterocycles. The van der Waals surface area contributed by atoms with Crippen LogP contribution in [0.25, 0.3) is 38.5 Å². The number of nitrogens with zero attached hydrogens (tertiary/aromatic N) is 3. The number of pyridine rings is 2. The first-order valence-corrected chi connectivity index (χ1v) is 11.6. The van der Waals surface area contributed by atoms with Crippen LogP contribution in [0.15, 0.2) is 79.0 Å².